The number of nitrogens with zero attached hydrogens (tertiary/aromatic N) is 3. The molecular formula is C13H21N3O2. The highest BCUT2D eigenvalue weighted by atomic mass is 16.3. The third-order valence-corrected chi connectivity index (χ3v) is 3.61. The lowest BCUT2D eigenvalue weighted by Gasteiger charge is -2.28. The summed E-state index contributed by atoms with van der Waals surface area (Å²) in [5.41, 5.74) is -0.0552. The molecule has 1 saturated carbocycles. The normalized spacial score (nSPS) is 16.1. The van der Waals surface area contributed by atoms with E-state index in [9.17, 15) is 9.90 Å². The van der Waals surface area contributed by atoms with Gasteiger partial charge in [0.05, 0.1) is 6.61 Å². The smallest absolute Gasteiger partial charge is 0.293 e. The van der Waals surface area contributed by atoms with Gasteiger partial charge in [-0.1, -0.05) is 12.8 Å². The molecule has 0 amide bonds. The minimum atomic E-state index is -0.0552. The molecule has 0 radical (unpaired) electrons. The number of aliphatic hydroxyl groups excluding tert-OH is 1. The third kappa shape index (κ3) is 2.56. The first-order valence-corrected chi connectivity index (χ1v) is 6.71. The largest absolute Gasteiger partial charge is 0.395 e. The number of hydrogen-bond acceptors (Lipinski definition) is 4. The van der Waals surface area contributed by atoms with Crippen LogP contribution in [0.1, 0.15) is 32.6 Å². The third-order valence-electron chi connectivity index (χ3n) is 3.61. The molecule has 1 fully saturated rings. The lowest BCUT2D eigenvalue weighted by molar-refractivity contribution is 0.296. The van der Waals surface area contributed by atoms with Gasteiger partial charge < -0.3 is 14.6 Å². The highest BCUT2D eigenvalue weighted by Gasteiger charge is 2.25. The highest BCUT2D eigenvalue weighted by Crippen LogP contribution is 2.25. The van der Waals surface area contributed by atoms with Crippen LogP contribution in [0.5, 0.6) is 0 Å². The minimum absolute atomic E-state index is 0.0542. The van der Waals surface area contributed by atoms with E-state index in [4.69, 9.17) is 0 Å². The van der Waals surface area contributed by atoms with Crippen molar-refractivity contribution >= 4 is 5.82 Å². The van der Waals surface area contributed by atoms with Crippen molar-refractivity contribution in [2.45, 2.75) is 45.2 Å². The van der Waals surface area contributed by atoms with Crippen LogP contribution in [0.4, 0.5) is 5.82 Å². The number of rotatable bonds is 5. The Balaban J connectivity index is 2.32. The number of anilines is 1. The molecule has 1 N–H and O–H groups in total. The van der Waals surface area contributed by atoms with Gasteiger partial charge in [0.2, 0.25) is 0 Å². The summed E-state index contributed by atoms with van der Waals surface area (Å²) >= 11 is 0. The summed E-state index contributed by atoms with van der Waals surface area (Å²) in [6.07, 6.45) is 7.93. The van der Waals surface area contributed by atoms with Crippen molar-refractivity contribution in [2.75, 3.05) is 18.1 Å². The van der Waals surface area contributed by atoms with E-state index >= 15 is 0 Å². The van der Waals surface area contributed by atoms with Crippen LogP contribution in [0.2, 0.25) is 0 Å². The SMILES string of the molecule is CCn1ccnc(N(CCO)C2CCCC2)c1=O. The second kappa shape index (κ2) is 6.00. The zero-order valence-electron chi connectivity index (χ0n) is 10.9. The molecule has 0 saturated heterocycles. The molecule has 0 unspecified atom stereocenters. The van der Waals surface area contributed by atoms with Crippen LogP contribution in [0.25, 0.3) is 0 Å². The summed E-state index contributed by atoms with van der Waals surface area (Å²) < 4.78 is 1.65. The van der Waals surface area contributed by atoms with Gasteiger partial charge in [-0.05, 0) is 19.8 Å². The summed E-state index contributed by atoms with van der Waals surface area (Å²) in [6, 6.07) is 0.352. The lowest BCUT2D eigenvalue weighted by atomic mass is 10.2. The van der Waals surface area contributed by atoms with Gasteiger partial charge in [0.15, 0.2) is 5.82 Å². The van der Waals surface area contributed by atoms with Gasteiger partial charge in [-0.25, -0.2) is 4.98 Å². The van der Waals surface area contributed by atoms with Crippen LogP contribution >= 0.6 is 0 Å². The molecule has 0 aromatic carbocycles. The molecule has 0 bridgehead atoms. The Hall–Kier alpha value is -1.36. The van der Waals surface area contributed by atoms with Crippen LogP contribution in [0, 0.1) is 0 Å². The fourth-order valence-electron chi connectivity index (χ4n) is 2.67. The molecule has 1 aliphatic carbocycles. The first-order chi connectivity index (χ1) is 8.77. The van der Waals surface area contributed by atoms with E-state index in [1.807, 2.05) is 11.8 Å². The van der Waals surface area contributed by atoms with Crippen molar-refractivity contribution in [2.24, 2.45) is 0 Å². The van der Waals surface area contributed by atoms with Crippen LogP contribution in [0.15, 0.2) is 17.2 Å². The Morgan fingerprint density at radius 1 is 1.50 bits per heavy atom. The number of aromatic nitrogens is 2. The molecular weight excluding hydrogens is 230 g/mol. The van der Waals surface area contributed by atoms with Gasteiger partial charge in [0, 0.05) is 31.5 Å². The number of aliphatic hydroxyl groups is 1. The van der Waals surface area contributed by atoms with E-state index in [2.05, 4.69) is 4.98 Å². The molecule has 18 heavy (non-hydrogen) atoms. The fourth-order valence-corrected chi connectivity index (χ4v) is 2.67. The van der Waals surface area contributed by atoms with Crippen molar-refractivity contribution in [3.63, 3.8) is 0 Å². The minimum Gasteiger partial charge on any atom is -0.395 e. The topological polar surface area (TPSA) is 58.4 Å². The van der Waals surface area contributed by atoms with Gasteiger partial charge in [0.1, 0.15) is 0 Å². The molecule has 1 aliphatic rings. The second-order valence-corrected chi connectivity index (χ2v) is 4.70. The van der Waals surface area contributed by atoms with Crippen LogP contribution in [-0.4, -0.2) is 33.9 Å². The van der Waals surface area contributed by atoms with E-state index in [0.29, 0.717) is 24.9 Å². The molecule has 2 rings (SSSR count). The maximum absolute atomic E-state index is 12.3. The molecule has 0 aliphatic heterocycles. The summed E-state index contributed by atoms with van der Waals surface area (Å²) in [5.74, 6) is 0.486. The predicted molar refractivity (Wildman–Crippen MR) is 70.9 cm³/mol. The molecule has 0 atom stereocenters. The van der Waals surface area contributed by atoms with Crippen molar-refractivity contribution < 1.29 is 5.11 Å². The highest BCUT2D eigenvalue weighted by molar-refractivity contribution is 5.37. The lowest BCUT2D eigenvalue weighted by Crippen LogP contribution is -2.41. The van der Waals surface area contributed by atoms with E-state index in [0.717, 1.165) is 12.8 Å². The monoisotopic (exact) mass is 251 g/mol. The van der Waals surface area contributed by atoms with E-state index in [-0.39, 0.29) is 12.2 Å². The molecule has 1 aromatic heterocycles. The van der Waals surface area contributed by atoms with E-state index in [1.54, 1.807) is 17.0 Å². The fraction of sp³-hybridized carbons (Fsp3) is 0.692. The van der Waals surface area contributed by atoms with Crippen molar-refractivity contribution in [3.8, 4) is 0 Å². The van der Waals surface area contributed by atoms with Gasteiger partial charge in [-0.2, -0.15) is 0 Å². The Labute approximate surface area is 107 Å². The first-order valence-electron chi connectivity index (χ1n) is 6.71. The molecule has 1 heterocycles. The van der Waals surface area contributed by atoms with Crippen LogP contribution in [0.3, 0.4) is 0 Å². The molecule has 5 nitrogen and oxygen atoms in total. The Bertz CT molecular complexity index is 438. The molecule has 0 spiro atoms. The van der Waals surface area contributed by atoms with Gasteiger partial charge in [-0.15, -0.1) is 0 Å². The van der Waals surface area contributed by atoms with E-state index in [1.165, 1.54) is 12.8 Å². The Morgan fingerprint density at radius 3 is 2.83 bits per heavy atom. The zero-order valence-corrected chi connectivity index (χ0v) is 10.9. The second-order valence-electron chi connectivity index (χ2n) is 4.70. The summed E-state index contributed by atoms with van der Waals surface area (Å²) in [4.78, 5) is 18.5. The van der Waals surface area contributed by atoms with Crippen molar-refractivity contribution in [3.05, 3.63) is 22.7 Å². The first kappa shape index (κ1) is 13.1. The molecule has 1 aromatic rings. The average Bonchev–Trinajstić information content (AvgIpc) is 2.90. The Kier molecular flexibility index (Phi) is 4.36. The number of hydrogen-bond donors (Lipinski definition) is 1. The quantitative estimate of drug-likeness (QED) is 0.848. The van der Waals surface area contributed by atoms with E-state index < -0.39 is 0 Å². The average molecular weight is 251 g/mol. The van der Waals surface area contributed by atoms with Gasteiger partial charge >= 0.3 is 0 Å². The van der Waals surface area contributed by atoms with Crippen molar-refractivity contribution in [1.29, 1.82) is 0 Å². The van der Waals surface area contributed by atoms with Crippen LogP contribution in [-0.2, 0) is 6.54 Å². The Morgan fingerprint density at radius 2 is 2.22 bits per heavy atom. The standard InChI is InChI=1S/C13H21N3O2/c1-2-15-8-7-14-12(13(15)18)16(9-10-17)11-5-3-4-6-11/h7-8,11,17H,2-6,9-10H2,1H3. The van der Waals surface area contributed by atoms with Crippen molar-refractivity contribution in [1.82, 2.24) is 9.55 Å². The summed E-state index contributed by atoms with van der Waals surface area (Å²) in [5, 5.41) is 9.20. The summed E-state index contributed by atoms with van der Waals surface area (Å²) in [7, 11) is 0. The predicted octanol–water partition coefficient (Wildman–Crippen LogP) is 1.00. The summed E-state index contributed by atoms with van der Waals surface area (Å²) in [6.45, 7) is 3.13. The van der Waals surface area contributed by atoms with Gasteiger partial charge in [-0.3, -0.25) is 4.79 Å². The maximum atomic E-state index is 12.3. The maximum Gasteiger partial charge on any atom is 0.293 e. The zero-order chi connectivity index (χ0) is 13.0. The molecule has 100 valence electrons. The van der Waals surface area contributed by atoms with Gasteiger partial charge in [0.25, 0.3) is 5.56 Å². The molecule has 5 heteroatoms. The number of aryl methyl sites for hydroxylation is 1. The van der Waals surface area contributed by atoms with Crippen LogP contribution < -0.4 is 10.5 Å².